The molecule has 0 spiro atoms. The van der Waals surface area contributed by atoms with E-state index in [2.05, 4.69) is 18.7 Å². The predicted molar refractivity (Wildman–Crippen MR) is 154 cm³/mol. The van der Waals surface area contributed by atoms with E-state index < -0.39 is 5.97 Å². The van der Waals surface area contributed by atoms with Crippen LogP contribution in [-0.4, -0.2) is 54.0 Å². The average molecular weight is 556 g/mol. The van der Waals surface area contributed by atoms with Gasteiger partial charge in [-0.05, 0) is 55.9 Å². The first-order valence-corrected chi connectivity index (χ1v) is 13.6. The number of fused-ring (bicyclic) bond motifs is 1. The molecular weight excluding hydrogens is 522 g/mol. The lowest BCUT2D eigenvalue weighted by Crippen LogP contribution is -2.35. The van der Waals surface area contributed by atoms with Gasteiger partial charge in [0.05, 0.1) is 39.2 Å². The molecule has 2 heterocycles. The van der Waals surface area contributed by atoms with Crippen molar-refractivity contribution >= 4 is 23.1 Å². The molecule has 0 N–H and O–H groups in total. The van der Waals surface area contributed by atoms with Gasteiger partial charge < -0.3 is 18.9 Å². The van der Waals surface area contributed by atoms with Gasteiger partial charge >= 0.3 is 5.97 Å². The van der Waals surface area contributed by atoms with Crippen molar-refractivity contribution in [3.63, 3.8) is 0 Å². The summed E-state index contributed by atoms with van der Waals surface area (Å²) >= 11 is 0. The first-order chi connectivity index (χ1) is 19.8. The highest BCUT2D eigenvalue weighted by atomic mass is 16.5. The van der Waals surface area contributed by atoms with Gasteiger partial charge in [-0.25, -0.2) is 24.3 Å². The van der Waals surface area contributed by atoms with Crippen LogP contribution in [0.3, 0.4) is 0 Å². The summed E-state index contributed by atoms with van der Waals surface area (Å²) in [5, 5.41) is 4.72. The van der Waals surface area contributed by atoms with Crippen LogP contribution < -0.4 is 14.2 Å². The normalized spacial score (nSPS) is 20.9. The maximum absolute atomic E-state index is 13.8. The highest BCUT2D eigenvalue weighted by molar-refractivity contribution is 6.29. The van der Waals surface area contributed by atoms with Crippen molar-refractivity contribution in [1.29, 1.82) is 0 Å². The molecule has 2 atom stereocenters. The molecule has 0 radical (unpaired) electrons. The molecule has 1 aromatic heterocycles. The summed E-state index contributed by atoms with van der Waals surface area (Å²) in [4.78, 5) is 27.0. The van der Waals surface area contributed by atoms with E-state index >= 15 is 0 Å². The second-order valence-electron chi connectivity index (χ2n) is 10.4. The second-order valence-corrected chi connectivity index (χ2v) is 10.4. The van der Waals surface area contributed by atoms with Gasteiger partial charge in [0, 0.05) is 6.07 Å². The lowest BCUT2D eigenvalue weighted by molar-refractivity contribution is -0.149. The molecule has 2 aromatic carbocycles. The number of rotatable bonds is 7. The number of aromatic nitrogens is 3. The summed E-state index contributed by atoms with van der Waals surface area (Å²) in [7, 11) is 4.66. The minimum Gasteiger partial charge on any atom is -0.496 e. The number of carbonyl (C=O) groups excluding carboxylic acids is 1. The van der Waals surface area contributed by atoms with Crippen molar-refractivity contribution in [2.24, 2.45) is 16.8 Å². The molecule has 41 heavy (non-hydrogen) atoms. The minimum atomic E-state index is -0.601. The van der Waals surface area contributed by atoms with Crippen LogP contribution in [0.4, 0.5) is 5.69 Å². The molecule has 0 amide bonds. The summed E-state index contributed by atoms with van der Waals surface area (Å²) in [5.41, 5.74) is 2.21. The fraction of sp³-hybridized carbons (Fsp3) is 0.387. The van der Waals surface area contributed by atoms with Gasteiger partial charge in [-0.1, -0.05) is 31.9 Å². The topological polar surface area (TPSA) is 101 Å². The van der Waals surface area contributed by atoms with Crippen LogP contribution in [0.25, 0.3) is 21.8 Å². The Kier molecular flexibility index (Phi) is 7.79. The first kappa shape index (κ1) is 27.9. The Morgan fingerprint density at radius 2 is 1.68 bits per heavy atom. The zero-order valence-corrected chi connectivity index (χ0v) is 24.1. The number of aryl methyl sites for hydroxylation is 1. The van der Waals surface area contributed by atoms with Crippen LogP contribution in [0.5, 0.6) is 17.2 Å². The number of hydrogen-bond acceptors (Lipinski definition) is 8. The van der Waals surface area contributed by atoms with E-state index in [9.17, 15) is 4.79 Å². The summed E-state index contributed by atoms with van der Waals surface area (Å²) in [6, 6.07) is 10.8. The van der Waals surface area contributed by atoms with Gasteiger partial charge in [-0.3, -0.25) is 0 Å². The van der Waals surface area contributed by atoms with E-state index in [1.54, 1.807) is 32.4 Å². The van der Waals surface area contributed by atoms with Crippen molar-refractivity contribution < 1.29 is 23.7 Å². The minimum absolute atomic E-state index is 0.0265. The number of aliphatic imine (C=N–C) groups is 1. The summed E-state index contributed by atoms with van der Waals surface area (Å²) in [6.07, 6.45) is 2.81. The summed E-state index contributed by atoms with van der Waals surface area (Å²) in [6.45, 7) is 14.2. The van der Waals surface area contributed by atoms with E-state index in [4.69, 9.17) is 40.6 Å². The van der Waals surface area contributed by atoms with Crippen LogP contribution in [-0.2, 0) is 9.53 Å². The molecular formula is C31H33N5O5. The second kappa shape index (κ2) is 11.5. The maximum atomic E-state index is 13.8. The Morgan fingerprint density at radius 3 is 2.34 bits per heavy atom. The average Bonchev–Trinajstić information content (AvgIpc) is 3.52. The standard InChI is InChI=1S/C31H33N5O5/c1-17-11-13-22(38-5)21(15-17)28-34-29-25(31(37)41-27-18(2)9-8-10-19(27)3)26(32-4)30(36(29)35-28)33-20-12-14-23(39-6)24(16-20)40-7/h11-16,18-19,27H,8-10H2,1-3,5-7H3/b33-30+. The number of nitrogens with zero attached hydrogens (tertiary/aromatic N) is 5. The van der Waals surface area contributed by atoms with Crippen LogP contribution >= 0.6 is 0 Å². The molecule has 2 aliphatic rings. The molecule has 1 fully saturated rings. The van der Waals surface area contributed by atoms with Crippen LogP contribution in [0, 0.1) is 25.3 Å². The van der Waals surface area contributed by atoms with Gasteiger partial charge in [0.25, 0.3) is 0 Å². The molecule has 0 saturated heterocycles. The van der Waals surface area contributed by atoms with Crippen molar-refractivity contribution in [1.82, 2.24) is 14.8 Å². The monoisotopic (exact) mass is 555 g/mol. The predicted octanol–water partition coefficient (Wildman–Crippen LogP) is 5.87. The van der Waals surface area contributed by atoms with E-state index in [0.717, 1.165) is 24.8 Å². The number of carbonyl (C=O) groups is 1. The van der Waals surface area contributed by atoms with E-state index in [1.165, 1.54) is 11.8 Å². The molecule has 212 valence electrons. The van der Waals surface area contributed by atoms with Gasteiger partial charge in [0.2, 0.25) is 5.70 Å². The van der Waals surface area contributed by atoms with E-state index in [1.807, 2.05) is 25.1 Å². The van der Waals surface area contributed by atoms with Crippen molar-refractivity contribution in [2.75, 3.05) is 21.3 Å². The Hall–Kier alpha value is -4.65. The van der Waals surface area contributed by atoms with Gasteiger partial charge in [-0.15, -0.1) is 5.10 Å². The quantitative estimate of drug-likeness (QED) is 0.265. The molecule has 10 heteroatoms. The lowest BCUT2D eigenvalue weighted by Gasteiger charge is -2.34. The summed E-state index contributed by atoms with van der Waals surface area (Å²) in [5.74, 6) is 2.14. The smallest absolute Gasteiger partial charge is 0.331 e. The zero-order chi connectivity index (χ0) is 29.3. The molecule has 3 aromatic rings. The number of esters is 1. The molecule has 0 bridgehead atoms. The van der Waals surface area contributed by atoms with Gasteiger partial charge in [0.15, 0.2) is 29.0 Å². The molecule has 1 aliphatic heterocycles. The third-order valence-corrected chi connectivity index (χ3v) is 7.68. The highest BCUT2D eigenvalue weighted by Crippen LogP contribution is 2.38. The maximum Gasteiger partial charge on any atom is 0.331 e. The Labute approximate surface area is 239 Å². The Balaban J connectivity index is 1.67. The summed E-state index contributed by atoms with van der Waals surface area (Å²) < 4.78 is 23.9. The number of allylic oxidation sites excluding steroid dienone is 1. The molecule has 10 nitrogen and oxygen atoms in total. The fourth-order valence-corrected chi connectivity index (χ4v) is 5.53. The van der Waals surface area contributed by atoms with Gasteiger partial charge in [0.1, 0.15) is 17.4 Å². The molecule has 1 aliphatic carbocycles. The van der Waals surface area contributed by atoms with Crippen molar-refractivity contribution in [3.05, 3.63) is 64.9 Å². The molecule has 1 saturated carbocycles. The third-order valence-electron chi connectivity index (χ3n) is 7.68. The molecule has 2 unspecified atom stereocenters. The third kappa shape index (κ3) is 5.15. The first-order valence-electron chi connectivity index (χ1n) is 13.6. The zero-order valence-electron chi connectivity index (χ0n) is 24.1. The lowest BCUT2D eigenvalue weighted by atomic mass is 9.80. The van der Waals surface area contributed by atoms with Crippen molar-refractivity contribution in [3.8, 4) is 28.6 Å². The van der Waals surface area contributed by atoms with Crippen LogP contribution in [0.1, 0.15) is 44.5 Å². The number of hydrogen-bond donors (Lipinski definition) is 0. The fourth-order valence-electron chi connectivity index (χ4n) is 5.53. The number of methoxy groups -OCH3 is 3. The van der Waals surface area contributed by atoms with Crippen LogP contribution in [0.15, 0.2) is 47.1 Å². The van der Waals surface area contributed by atoms with E-state index in [-0.39, 0.29) is 40.9 Å². The SMILES string of the molecule is [C-]#[N+]C1=C(C(=O)OC2C(C)CCCC2C)c2nc(-c3cc(C)ccc3OC)nn2/C1=N/c1ccc(OC)c(OC)c1. The van der Waals surface area contributed by atoms with Gasteiger partial charge in [-0.2, -0.15) is 0 Å². The van der Waals surface area contributed by atoms with Crippen molar-refractivity contribution in [2.45, 2.75) is 46.1 Å². The Bertz CT molecular complexity index is 1590. The highest BCUT2D eigenvalue weighted by Gasteiger charge is 2.40. The number of benzene rings is 2. The largest absolute Gasteiger partial charge is 0.496 e. The van der Waals surface area contributed by atoms with Crippen LogP contribution in [0.2, 0.25) is 0 Å². The van der Waals surface area contributed by atoms with E-state index in [0.29, 0.717) is 34.3 Å². The Morgan fingerprint density at radius 1 is 1.00 bits per heavy atom. The molecule has 5 rings (SSSR count). The number of ether oxygens (including phenoxy) is 4.